The first-order valence-electron chi connectivity index (χ1n) is 7.85. The molecule has 4 nitrogen and oxygen atoms in total. The number of hydrogen-bond acceptors (Lipinski definition) is 4. The summed E-state index contributed by atoms with van der Waals surface area (Å²) >= 11 is 1.32. The number of hydrogen-bond donors (Lipinski definition) is 1. The van der Waals surface area contributed by atoms with Crippen molar-refractivity contribution in [1.82, 2.24) is 14.6 Å². The Kier molecular flexibility index (Phi) is 4.26. The number of halogens is 3. The number of benzene rings is 1. The zero-order valence-electron chi connectivity index (χ0n) is 14.3. The molecule has 1 aromatic carbocycles. The van der Waals surface area contributed by atoms with E-state index in [1.165, 1.54) is 23.5 Å². The molecule has 2 heterocycles. The van der Waals surface area contributed by atoms with Gasteiger partial charge in [0.1, 0.15) is 0 Å². The second kappa shape index (κ2) is 6.01. The van der Waals surface area contributed by atoms with Crippen LogP contribution in [-0.2, 0) is 11.6 Å². The molecule has 0 unspecified atom stereocenters. The van der Waals surface area contributed by atoms with Gasteiger partial charge in [0.05, 0.1) is 23.5 Å². The fourth-order valence-corrected chi connectivity index (χ4v) is 3.38. The Bertz CT molecular complexity index is 858. The smallest absolute Gasteiger partial charge is 0.354 e. The Labute approximate surface area is 147 Å². The quantitative estimate of drug-likeness (QED) is 0.684. The Balaban J connectivity index is 1.86. The van der Waals surface area contributed by atoms with Crippen molar-refractivity contribution in [3.63, 3.8) is 0 Å². The van der Waals surface area contributed by atoms with Gasteiger partial charge >= 0.3 is 6.18 Å². The molecule has 8 heteroatoms. The average molecular weight is 368 g/mol. The molecule has 0 aliphatic carbocycles. The maximum atomic E-state index is 13.2. The molecule has 0 fully saturated rings. The van der Waals surface area contributed by atoms with Crippen LogP contribution in [0.5, 0.6) is 0 Å². The first-order chi connectivity index (χ1) is 11.6. The van der Waals surface area contributed by atoms with Gasteiger partial charge in [0.2, 0.25) is 10.1 Å². The van der Waals surface area contributed by atoms with E-state index in [0.29, 0.717) is 10.1 Å². The molecular weight excluding hydrogens is 349 g/mol. The average Bonchev–Trinajstić information content (AvgIpc) is 3.04. The summed E-state index contributed by atoms with van der Waals surface area (Å²) < 4.78 is 41.2. The third-order valence-corrected chi connectivity index (χ3v) is 4.74. The van der Waals surface area contributed by atoms with Crippen LogP contribution in [0.2, 0.25) is 0 Å². The molecule has 0 spiro atoms. The van der Waals surface area contributed by atoms with Crippen molar-refractivity contribution >= 4 is 21.4 Å². The molecule has 0 aliphatic heterocycles. The molecule has 0 amide bonds. The van der Waals surface area contributed by atoms with Crippen LogP contribution in [0.25, 0.3) is 4.96 Å². The van der Waals surface area contributed by atoms with Crippen molar-refractivity contribution < 1.29 is 13.2 Å². The zero-order chi connectivity index (χ0) is 18.4. The molecular formula is C17H19F3N4S. The van der Waals surface area contributed by atoms with E-state index in [-0.39, 0.29) is 11.0 Å². The molecule has 1 N–H and O–H groups in total. The number of rotatable bonds is 3. The van der Waals surface area contributed by atoms with Crippen molar-refractivity contribution in [3.05, 3.63) is 47.3 Å². The number of fused-ring (bicyclic) bond motifs is 1. The summed E-state index contributed by atoms with van der Waals surface area (Å²) in [5.74, 6) is 0. The van der Waals surface area contributed by atoms with Crippen LogP contribution in [0.4, 0.5) is 18.3 Å². The van der Waals surface area contributed by atoms with E-state index < -0.39 is 17.8 Å². The highest BCUT2D eigenvalue weighted by atomic mass is 32.1. The van der Waals surface area contributed by atoms with Crippen LogP contribution in [-0.4, -0.2) is 14.6 Å². The summed E-state index contributed by atoms with van der Waals surface area (Å²) in [5.41, 5.74) is 0.401. The van der Waals surface area contributed by atoms with Crippen molar-refractivity contribution in [1.29, 1.82) is 0 Å². The standard InChI is InChI=1S/C17H19F3N4S/c1-10(11-7-5-6-8-12(11)17(18,19)20)21-14-23-24-9-13(16(2,3)4)22-15(24)25-14/h5-10H,1-4H3,(H,21,23)/t10-/m1/s1. The lowest BCUT2D eigenvalue weighted by atomic mass is 9.93. The van der Waals surface area contributed by atoms with Gasteiger partial charge in [-0.3, -0.25) is 0 Å². The largest absolute Gasteiger partial charge is 0.416 e. The first kappa shape index (κ1) is 17.7. The van der Waals surface area contributed by atoms with Crippen LogP contribution in [0, 0.1) is 0 Å². The van der Waals surface area contributed by atoms with Crippen LogP contribution in [0.1, 0.15) is 50.6 Å². The highest BCUT2D eigenvalue weighted by Crippen LogP contribution is 2.36. The van der Waals surface area contributed by atoms with Crippen LogP contribution in [0.3, 0.4) is 0 Å². The van der Waals surface area contributed by atoms with Gasteiger partial charge in [-0.05, 0) is 18.6 Å². The maximum absolute atomic E-state index is 13.2. The van der Waals surface area contributed by atoms with Crippen molar-refractivity contribution in [2.45, 2.75) is 45.3 Å². The number of anilines is 1. The van der Waals surface area contributed by atoms with E-state index in [1.54, 1.807) is 17.5 Å². The van der Waals surface area contributed by atoms with Gasteiger partial charge in [-0.15, -0.1) is 5.10 Å². The number of aromatic nitrogens is 3. The molecule has 0 bridgehead atoms. The molecule has 0 aliphatic rings. The highest BCUT2D eigenvalue weighted by Gasteiger charge is 2.34. The lowest BCUT2D eigenvalue weighted by molar-refractivity contribution is -0.138. The molecule has 3 rings (SSSR count). The predicted molar refractivity (Wildman–Crippen MR) is 93.0 cm³/mol. The molecule has 0 saturated carbocycles. The molecule has 1 atom stereocenters. The Morgan fingerprint density at radius 2 is 1.84 bits per heavy atom. The minimum Gasteiger partial charge on any atom is -0.354 e. The Hall–Kier alpha value is -2.09. The van der Waals surface area contributed by atoms with Gasteiger partial charge in [-0.1, -0.05) is 50.3 Å². The maximum Gasteiger partial charge on any atom is 0.416 e. The van der Waals surface area contributed by atoms with Gasteiger partial charge in [0.25, 0.3) is 0 Å². The van der Waals surface area contributed by atoms with Gasteiger partial charge in [0.15, 0.2) is 0 Å². The molecule has 3 aromatic rings. The topological polar surface area (TPSA) is 42.2 Å². The number of alkyl halides is 3. The lowest BCUT2D eigenvalue weighted by Crippen LogP contribution is -2.15. The fourth-order valence-electron chi connectivity index (χ4n) is 2.52. The SMILES string of the molecule is C[C@@H](Nc1nn2cc(C(C)(C)C)nc2s1)c1ccccc1C(F)(F)F. The van der Waals surface area contributed by atoms with E-state index in [4.69, 9.17) is 0 Å². The summed E-state index contributed by atoms with van der Waals surface area (Å²) in [4.78, 5) is 5.25. The number of nitrogens with zero attached hydrogens (tertiary/aromatic N) is 3. The molecule has 0 saturated heterocycles. The van der Waals surface area contributed by atoms with Crippen molar-refractivity contribution in [3.8, 4) is 0 Å². The molecule has 0 radical (unpaired) electrons. The molecule has 2 aromatic heterocycles. The summed E-state index contributed by atoms with van der Waals surface area (Å²) in [6.07, 6.45) is -2.53. The normalized spacial score (nSPS) is 14.0. The fraction of sp³-hybridized carbons (Fsp3) is 0.412. The summed E-state index contributed by atoms with van der Waals surface area (Å²) in [7, 11) is 0. The van der Waals surface area contributed by atoms with Crippen molar-refractivity contribution in [2.24, 2.45) is 0 Å². The minimum absolute atomic E-state index is 0.0834. The van der Waals surface area contributed by atoms with Gasteiger partial charge in [0, 0.05) is 5.41 Å². The van der Waals surface area contributed by atoms with Crippen molar-refractivity contribution in [2.75, 3.05) is 5.32 Å². The first-order valence-corrected chi connectivity index (χ1v) is 8.67. The van der Waals surface area contributed by atoms with Gasteiger partial charge < -0.3 is 5.32 Å². The van der Waals surface area contributed by atoms with Crippen LogP contribution in [0.15, 0.2) is 30.5 Å². The monoisotopic (exact) mass is 368 g/mol. The molecule has 25 heavy (non-hydrogen) atoms. The minimum atomic E-state index is -4.38. The van der Waals surface area contributed by atoms with Crippen LogP contribution >= 0.6 is 11.3 Å². The Morgan fingerprint density at radius 1 is 1.16 bits per heavy atom. The Morgan fingerprint density at radius 3 is 2.44 bits per heavy atom. The third kappa shape index (κ3) is 3.63. The second-order valence-corrected chi connectivity index (χ2v) is 7.92. The third-order valence-electron chi connectivity index (χ3n) is 3.88. The van der Waals surface area contributed by atoms with E-state index in [0.717, 1.165) is 11.8 Å². The summed E-state index contributed by atoms with van der Waals surface area (Å²) in [6, 6.07) is 5.04. The zero-order valence-corrected chi connectivity index (χ0v) is 15.2. The summed E-state index contributed by atoms with van der Waals surface area (Å²) in [6.45, 7) is 7.88. The predicted octanol–water partition coefficient (Wildman–Crippen LogP) is 5.28. The van der Waals surface area contributed by atoms with E-state index in [1.807, 2.05) is 6.20 Å². The van der Waals surface area contributed by atoms with E-state index in [2.05, 4.69) is 36.2 Å². The number of imidazole rings is 1. The van der Waals surface area contributed by atoms with E-state index in [9.17, 15) is 13.2 Å². The summed E-state index contributed by atoms with van der Waals surface area (Å²) in [5, 5.41) is 7.97. The van der Waals surface area contributed by atoms with E-state index >= 15 is 0 Å². The van der Waals surface area contributed by atoms with Gasteiger partial charge in [-0.25, -0.2) is 9.50 Å². The number of nitrogens with one attached hydrogen (secondary N) is 1. The lowest BCUT2D eigenvalue weighted by Gasteiger charge is -2.18. The van der Waals surface area contributed by atoms with Crippen LogP contribution < -0.4 is 5.32 Å². The molecule has 134 valence electrons. The highest BCUT2D eigenvalue weighted by molar-refractivity contribution is 7.20. The second-order valence-electron chi connectivity index (χ2n) is 6.96. The van der Waals surface area contributed by atoms with Gasteiger partial charge in [-0.2, -0.15) is 13.2 Å².